The van der Waals surface area contributed by atoms with Crippen molar-refractivity contribution in [3.05, 3.63) is 17.5 Å². The second-order valence-corrected chi connectivity index (χ2v) is 3.29. The molecule has 0 fully saturated rings. The summed E-state index contributed by atoms with van der Waals surface area (Å²) in [5.74, 6) is 0. The minimum absolute atomic E-state index is 0.950. The zero-order chi connectivity index (χ0) is 8.39. The molecule has 12 heavy (non-hydrogen) atoms. The average molecular weight is 165 g/mol. The Kier molecular flexibility index (Phi) is 2.13. The Morgan fingerprint density at radius 3 is 3.33 bits per heavy atom. The molecule has 3 nitrogen and oxygen atoms in total. The summed E-state index contributed by atoms with van der Waals surface area (Å²) in [6, 6.07) is 0. The molecule has 1 aromatic heterocycles. The molecule has 0 unspecified atom stereocenters. The van der Waals surface area contributed by atoms with Crippen LogP contribution in [0.4, 0.5) is 0 Å². The predicted molar refractivity (Wildman–Crippen MR) is 47.9 cm³/mol. The van der Waals surface area contributed by atoms with E-state index in [-0.39, 0.29) is 0 Å². The fourth-order valence-electron chi connectivity index (χ4n) is 1.63. The molecule has 2 rings (SSSR count). The van der Waals surface area contributed by atoms with Gasteiger partial charge in [0.1, 0.15) is 0 Å². The first-order valence-electron chi connectivity index (χ1n) is 4.66. The number of hydrogen-bond acceptors (Lipinski definition) is 2. The SMILES string of the molecule is CCCn1cc2c(n1)CNCC2. The van der Waals surface area contributed by atoms with E-state index in [1.165, 1.54) is 11.3 Å². The number of nitrogens with one attached hydrogen (secondary N) is 1. The lowest BCUT2D eigenvalue weighted by molar-refractivity contribution is 0.581. The topological polar surface area (TPSA) is 29.9 Å². The van der Waals surface area contributed by atoms with Crippen LogP contribution >= 0.6 is 0 Å². The normalized spacial score (nSPS) is 16.1. The Morgan fingerprint density at radius 1 is 1.67 bits per heavy atom. The van der Waals surface area contributed by atoms with Gasteiger partial charge in [0.15, 0.2) is 0 Å². The molecule has 66 valence electrons. The van der Waals surface area contributed by atoms with Crippen LogP contribution in [0.25, 0.3) is 0 Å². The van der Waals surface area contributed by atoms with Gasteiger partial charge in [-0.2, -0.15) is 5.10 Å². The van der Waals surface area contributed by atoms with Crippen molar-refractivity contribution in [3.63, 3.8) is 0 Å². The third-order valence-electron chi connectivity index (χ3n) is 2.24. The molecule has 0 amide bonds. The smallest absolute Gasteiger partial charge is 0.0794 e. The summed E-state index contributed by atoms with van der Waals surface area (Å²) in [5.41, 5.74) is 2.68. The van der Waals surface area contributed by atoms with Crippen LogP contribution in [-0.4, -0.2) is 16.3 Å². The molecule has 0 saturated carbocycles. The summed E-state index contributed by atoms with van der Waals surface area (Å²) in [4.78, 5) is 0. The van der Waals surface area contributed by atoms with Crippen LogP contribution in [0.5, 0.6) is 0 Å². The van der Waals surface area contributed by atoms with Gasteiger partial charge in [-0.25, -0.2) is 0 Å². The van der Waals surface area contributed by atoms with Crippen molar-refractivity contribution in [1.82, 2.24) is 15.1 Å². The van der Waals surface area contributed by atoms with E-state index >= 15 is 0 Å². The zero-order valence-electron chi connectivity index (χ0n) is 7.51. The highest BCUT2D eigenvalue weighted by molar-refractivity contribution is 5.19. The molecule has 0 saturated heterocycles. The molecule has 0 aliphatic carbocycles. The first kappa shape index (κ1) is 7.80. The molecule has 1 aromatic rings. The summed E-state index contributed by atoms with van der Waals surface area (Å²) in [7, 11) is 0. The number of hydrogen-bond donors (Lipinski definition) is 1. The van der Waals surface area contributed by atoms with Crippen molar-refractivity contribution in [2.75, 3.05) is 6.54 Å². The molecular weight excluding hydrogens is 150 g/mol. The maximum absolute atomic E-state index is 4.49. The molecule has 1 aliphatic heterocycles. The number of nitrogens with zero attached hydrogens (tertiary/aromatic N) is 2. The average Bonchev–Trinajstić information content (AvgIpc) is 2.47. The highest BCUT2D eigenvalue weighted by atomic mass is 15.3. The van der Waals surface area contributed by atoms with Crippen LogP contribution in [0.2, 0.25) is 0 Å². The van der Waals surface area contributed by atoms with Gasteiger partial charge in [-0.1, -0.05) is 6.92 Å². The minimum atomic E-state index is 0.950. The van der Waals surface area contributed by atoms with Crippen LogP contribution in [0.15, 0.2) is 6.20 Å². The number of fused-ring (bicyclic) bond motifs is 1. The van der Waals surface area contributed by atoms with Gasteiger partial charge in [0.25, 0.3) is 0 Å². The van der Waals surface area contributed by atoms with Crippen molar-refractivity contribution in [2.24, 2.45) is 0 Å². The quantitative estimate of drug-likeness (QED) is 0.706. The van der Waals surface area contributed by atoms with E-state index in [9.17, 15) is 0 Å². The van der Waals surface area contributed by atoms with Crippen molar-refractivity contribution in [3.8, 4) is 0 Å². The predicted octanol–water partition coefficient (Wildman–Crippen LogP) is 0.939. The molecule has 0 atom stereocenters. The van der Waals surface area contributed by atoms with Crippen molar-refractivity contribution < 1.29 is 0 Å². The molecule has 0 spiro atoms. The fraction of sp³-hybridized carbons (Fsp3) is 0.667. The second kappa shape index (κ2) is 3.27. The van der Waals surface area contributed by atoms with E-state index in [1.807, 2.05) is 0 Å². The van der Waals surface area contributed by atoms with Crippen molar-refractivity contribution in [1.29, 1.82) is 0 Å². The maximum Gasteiger partial charge on any atom is 0.0794 e. The van der Waals surface area contributed by atoms with Crippen molar-refractivity contribution >= 4 is 0 Å². The number of aromatic nitrogens is 2. The van der Waals surface area contributed by atoms with Crippen LogP contribution in [0.1, 0.15) is 24.6 Å². The van der Waals surface area contributed by atoms with E-state index in [0.29, 0.717) is 0 Å². The van der Waals surface area contributed by atoms with E-state index in [1.54, 1.807) is 0 Å². The van der Waals surface area contributed by atoms with Gasteiger partial charge >= 0.3 is 0 Å². The lowest BCUT2D eigenvalue weighted by Crippen LogP contribution is -2.22. The monoisotopic (exact) mass is 165 g/mol. The third kappa shape index (κ3) is 1.37. The van der Waals surface area contributed by atoms with Crippen LogP contribution < -0.4 is 5.32 Å². The van der Waals surface area contributed by atoms with Gasteiger partial charge in [0.2, 0.25) is 0 Å². The summed E-state index contributed by atoms with van der Waals surface area (Å²) >= 11 is 0. The molecule has 1 aliphatic rings. The molecule has 0 bridgehead atoms. The first-order chi connectivity index (χ1) is 5.90. The molecule has 2 heterocycles. The third-order valence-corrected chi connectivity index (χ3v) is 2.24. The van der Waals surface area contributed by atoms with Crippen LogP contribution in [0.3, 0.4) is 0 Å². The number of rotatable bonds is 2. The summed E-state index contributed by atoms with van der Waals surface area (Å²) in [6.07, 6.45) is 4.49. The van der Waals surface area contributed by atoms with E-state index in [4.69, 9.17) is 0 Å². The first-order valence-corrected chi connectivity index (χ1v) is 4.66. The maximum atomic E-state index is 4.49. The fourth-order valence-corrected chi connectivity index (χ4v) is 1.63. The molecule has 3 heteroatoms. The Bertz CT molecular complexity index is 241. The Balaban J connectivity index is 2.20. The molecule has 0 radical (unpaired) electrons. The Hall–Kier alpha value is -0.830. The van der Waals surface area contributed by atoms with Gasteiger partial charge in [-0.15, -0.1) is 0 Å². The summed E-state index contributed by atoms with van der Waals surface area (Å²) in [5, 5.41) is 7.82. The van der Waals surface area contributed by atoms with E-state index in [0.717, 1.165) is 32.5 Å². The second-order valence-electron chi connectivity index (χ2n) is 3.29. The lowest BCUT2D eigenvalue weighted by Gasteiger charge is -2.09. The molecular formula is C9H15N3. The summed E-state index contributed by atoms with van der Waals surface area (Å²) in [6.45, 7) is 5.28. The molecule has 0 aromatic carbocycles. The van der Waals surface area contributed by atoms with Gasteiger partial charge in [0.05, 0.1) is 5.69 Å². The largest absolute Gasteiger partial charge is 0.311 e. The Morgan fingerprint density at radius 2 is 2.58 bits per heavy atom. The summed E-state index contributed by atoms with van der Waals surface area (Å²) < 4.78 is 2.07. The van der Waals surface area contributed by atoms with Gasteiger partial charge in [-0.3, -0.25) is 4.68 Å². The van der Waals surface area contributed by atoms with Gasteiger partial charge in [-0.05, 0) is 24.9 Å². The van der Waals surface area contributed by atoms with Crippen molar-refractivity contribution in [2.45, 2.75) is 32.9 Å². The van der Waals surface area contributed by atoms with Crippen LogP contribution in [-0.2, 0) is 19.5 Å². The van der Waals surface area contributed by atoms with Gasteiger partial charge < -0.3 is 5.32 Å². The minimum Gasteiger partial charge on any atom is -0.311 e. The molecule has 1 N–H and O–H groups in total. The highest BCUT2D eigenvalue weighted by Crippen LogP contribution is 2.11. The highest BCUT2D eigenvalue weighted by Gasteiger charge is 2.11. The standard InChI is InChI=1S/C9H15N3/c1-2-5-12-7-8-3-4-10-6-9(8)11-12/h7,10H,2-6H2,1H3. The lowest BCUT2D eigenvalue weighted by atomic mass is 10.1. The van der Waals surface area contributed by atoms with E-state index < -0.39 is 0 Å². The van der Waals surface area contributed by atoms with Crippen LogP contribution in [0, 0.1) is 0 Å². The zero-order valence-corrected chi connectivity index (χ0v) is 7.51. The van der Waals surface area contributed by atoms with Gasteiger partial charge in [0, 0.05) is 19.3 Å². The van der Waals surface area contributed by atoms with E-state index in [2.05, 4.69) is 28.2 Å². The Labute approximate surface area is 72.8 Å². The number of aryl methyl sites for hydroxylation is 1.